The molecule has 1 atom stereocenters. The van der Waals surface area contributed by atoms with Gasteiger partial charge in [0.1, 0.15) is 11.7 Å². The minimum Gasteiger partial charge on any atom is -0.364 e. The largest absolute Gasteiger partial charge is 0.364 e. The lowest BCUT2D eigenvalue weighted by Gasteiger charge is -2.18. The molecule has 150 valence electrons. The number of hydrogen-bond acceptors (Lipinski definition) is 5. The summed E-state index contributed by atoms with van der Waals surface area (Å²) in [6.45, 7) is 2.05. The molecule has 3 aromatic rings. The molecule has 7 nitrogen and oxygen atoms in total. The number of hydrogen-bond donors (Lipinski definition) is 3. The lowest BCUT2D eigenvalue weighted by atomic mass is 10.0. The molecule has 0 spiro atoms. The van der Waals surface area contributed by atoms with Gasteiger partial charge in [0.05, 0.1) is 5.01 Å². The van der Waals surface area contributed by atoms with Crippen LogP contribution in [0.15, 0.2) is 47.8 Å². The quantitative estimate of drug-likeness (QED) is 0.528. The number of nitrogens with zero attached hydrogens (tertiary/aromatic N) is 1. The monoisotopic (exact) mass is 410 g/mol. The lowest BCUT2D eigenvalue weighted by molar-refractivity contribution is -0.128. The smallest absolute Gasteiger partial charge is 0.268 e. The van der Waals surface area contributed by atoms with Crippen molar-refractivity contribution in [2.24, 2.45) is 5.73 Å². The summed E-state index contributed by atoms with van der Waals surface area (Å²) in [7, 11) is 0. The Labute approximate surface area is 172 Å². The van der Waals surface area contributed by atoms with Gasteiger partial charge in [-0.3, -0.25) is 14.4 Å². The van der Waals surface area contributed by atoms with Crippen LogP contribution in [0, 0.1) is 0 Å². The summed E-state index contributed by atoms with van der Waals surface area (Å²) in [5, 5.41) is 9.89. The second-order valence-corrected chi connectivity index (χ2v) is 7.47. The maximum Gasteiger partial charge on any atom is 0.268 e. The highest BCUT2D eigenvalue weighted by atomic mass is 32.1. The van der Waals surface area contributed by atoms with E-state index in [0.29, 0.717) is 11.6 Å². The van der Waals surface area contributed by atoms with Crippen LogP contribution in [0.5, 0.6) is 0 Å². The number of rotatable bonds is 8. The van der Waals surface area contributed by atoms with E-state index < -0.39 is 11.9 Å². The number of amides is 3. The Bertz CT molecular complexity index is 1040. The van der Waals surface area contributed by atoms with Crippen molar-refractivity contribution in [1.82, 2.24) is 15.6 Å². The first-order valence-corrected chi connectivity index (χ1v) is 10.1. The van der Waals surface area contributed by atoms with E-state index in [1.54, 1.807) is 12.3 Å². The van der Waals surface area contributed by atoms with Crippen LogP contribution in [0.4, 0.5) is 0 Å². The van der Waals surface area contributed by atoms with Crippen LogP contribution in [-0.2, 0) is 22.6 Å². The molecule has 1 heterocycles. The Morgan fingerprint density at radius 3 is 2.62 bits per heavy atom. The van der Waals surface area contributed by atoms with Crippen molar-refractivity contribution >= 4 is 39.8 Å². The Balaban J connectivity index is 1.73. The highest BCUT2D eigenvalue weighted by molar-refractivity contribution is 7.09. The predicted molar refractivity (Wildman–Crippen MR) is 112 cm³/mol. The number of nitrogens with one attached hydrogen (secondary N) is 2. The third kappa shape index (κ3) is 5.17. The summed E-state index contributed by atoms with van der Waals surface area (Å²) in [5.41, 5.74) is 6.38. The van der Waals surface area contributed by atoms with E-state index in [1.807, 2.05) is 42.5 Å². The predicted octanol–water partition coefficient (Wildman–Crippen LogP) is 2.15. The average molecular weight is 410 g/mol. The Hall–Kier alpha value is -3.26. The van der Waals surface area contributed by atoms with E-state index in [0.717, 1.165) is 16.3 Å². The zero-order valence-corrected chi connectivity index (χ0v) is 16.8. The number of primary amides is 1. The van der Waals surface area contributed by atoms with E-state index in [9.17, 15) is 14.4 Å². The molecule has 0 aliphatic carbocycles. The summed E-state index contributed by atoms with van der Waals surface area (Å²) < 4.78 is 0. The molecule has 0 saturated heterocycles. The van der Waals surface area contributed by atoms with Gasteiger partial charge in [0, 0.05) is 24.8 Å². The van der Waals surface area contributed by atoms with Gasteiger partial charge in [-0.1, -0.05) is 49.4 Å². The average Bonchev–Trinajstić information content (AvgIpc) is 3.20. The van der Waals surface area contributed by atoms with Crippen LogP contribution < -0.4 is 16.4 Å². The number of thiazole rings is 1. The second-order valence-electron chi connectivity index (χ2n) is 6.52. The van der Waals surface area contributed by atoms with Crippen LogP contribution in [0.1, 0.15) is 34.4 Å². The SMILES string of the molecule is CCC(=O)N[C@@H](Cc1nc(C(N)=O)cs1)C(=O)NCc1cccc2ccccc12. The molecule has 8 heteroatoms. The second kappa shape index (κ2) is 9.29. The van der Waals surface area contributed by atoms with E-state index in [1.165, 1.54) is 11.3 Å². The van der Waals surface area contributed by atoms with Crippen molar-refractivity contribution in [2.45, 2.75) is 32.4 Å². The molecule has 0 aliphatic heterocycles. The minimum atomic E-state index is -0.788. The molecule has 0 unspecified atom stereocenters. The molecule has 0 fully saturated rings. The topological polar surface area (TPSA) is 114 Å². The number of carbonyl (C=O) groups is 3. The van der Waals surface area contributed by atoms with Gasteiger partial charge in [-0.25, -0.2) is 4.98 Å². The van der Waals surface area contributed by atoms with Gasteiger partial charge in [0.15, 0.2) is 0 Å². The van der Waals surface area contributed by atoms with Crippen molar-refractivity contribution in [1.29, 1.82) is 0 Å². The molecular weight excluding hydrogens is 388 g/mol. The molecule has 4 N–H and O–H groups in total. The van der Waals surface area contributed by atoms with Crippen LogP contribution in [0.2, 0.25) is 0 Å². The first-order chi connectivity index (χ1) is 14.0. The molecule has 3 rings (SSSR count). The third-order valence-corrected chi connectivity index (χ3v) is 5.36. The van der Waals surface area contributed by atoms with Crippen molar-refractivity contribution in [3.63, 3.8) is 0 Å². The zero-order chi connectivity index (χ0) is 20.8. The number of carbonyl (C=O) groups excluding carboxylic acids is 3. The fourth-order valence-corrected chi connectivity index (χ4v) is 3.78. The molecule has 0 aliphatic rings. The molecule has 0 radical (unpaired) electrons. The number of nitrogens with two attached hydrogens (primary N) is 1. The maximum atomic E-state index is 12.8. The Kier molecular flexibility index (Phi) is 6.56. The van der Waals surface area contributed by atoms with Gasteiger partial charge >= 0.3 is 0 Å². The van der Waals surface area contributed by atoms with Crippen molar-refractivity contribution in [3.8, 4) is 0 Å². The highest BCUT2D eigenvalue weighted by Crippen LogP contribution is 2.18. The van der Waals surface area contributed by atoms with Gasteiger partial charge in [-0.05, 0) is 16.3 Å². The van der Waals surface area contributed by atoms with Gasteiger partial charge < -0.3 is 16.4 Å². The van der Waals surface area contributed by atoms with Crippen molar-refractivity contribution in [3.05, 3.63) is 64.1 Å². The highest BCUT2D eigenvalue weighted by Gasteiger charge is 2.22. The summed E-state index contributed by atoms with van der Waals surface area (Å²) >= 11 is 1.23. The third-order valence-electron chi connectivity index (χ3n) is 4.49. The fourth-order valence-electron chi connectivity index (χ4n) is 2.95. The minimum absolute atomic E-state index is 0.154. The first kappa shape index (κ1) is 20.5. The van der Waals surface area contributed by atoms with Crippen LogP contribution in [0.25, 0.3) is 10.8 Å². The maximum absolute atomic E-state index is 12.8. The number of fused-ring (bicyclic) bond motifs is 1. The summed E-state index contributed by atoms with van der Waals surface area (Å²) in [5.74, 6) is -1.17. The molecule has 0 bridgehead atoms. The van der Waals surface area contributed by atoms with Gasteiger partial charge in [-0.2, -0.15) is 0 Å². The van der Waals surface area contributed by atoms with E-state index >= 15 is 0 Å². The van der Waals surface area contributed by atoms with Crippen LogP contribution in [-0.4, -0.2) is 28.7 Å². The van der Waals surface area contributed by atoms with Gasteiger partial charge in [0.25, 0.3) is 5.91 Å². The van der Waals surface area contributed by atoms with E-state index in [2.05, 4.69) is 15.6 Å². The van der Waals surface area contributed by atoms with Crippen LogP contribution >= 0.6 is 11.3 Å². The van der Waals surface area contributed by atoms with E-state index in [4.69, 9.17) is 5.73 Å². The molecule has 3 amide bonds. The lowest BCUT2D eigenvalue weighted by Crippen LogP contribution is -2.47. The molecular formula is C21H22N4O3S. The number of benzene rings is 2. The fraction of sp³-hybridized carbons (Fsp3) is 0.238. The summed E-state index contributed by atoms with van der Waals surface area (Å²) in [4.78, 5) is 40.1. The van der Waals surface area contributed by atoms with Crippen molar-refractivity contribution < 1.29 is 14.4 Å². The zero-order valence-electron chi connectivity index (χ0n) is 16.0. The molecule has 2 aromatic carbocycles. The molecule has 0 saturated carbocycles. The Morgan fingerprint density at radius 2 is 1.90 bits per heavy atom. The van der Waals surface area contributed by atoms with Gasteiger partial charge in [0.2, 0.25) is 11.8 Å². The summed E-state index contributed by atoms with van der Waals surface area (Å²) in [6, 6.07) is 13.1. The number of aromatic nitrogens is 1. The summed E-state index contributed by atoms with van der Waals surface area (Å²) in [6.07, 6.45) is 0.447. The van der Waals surface area contributed by atoms with Crippen LogP contribution in [0.3, 0.4) is 0 Å². The van der Waals surface area contributed by atoms with E-state index in [-0.39, 0.29) is 30.3 Å². The first-order valence-electron chi connectivity index (χ1n) is 9.26. The molecule has 29 heavy (non-hydrogen) atoms. The molecule has 1 aromatic heterocycles. The normalized spacial score (nSPS) is 11.8. The Morgan fingerprint density at radius 1 is 1.14 bits per heavy atom. The van der Waals surface area contributed by atoms with Crippen molar-refractivity contribution in [2.75, 3.05) is 0 Å². The standard InChI is InChI=1S/C21H22N4O3S/c1-2-18(26)24-16(10-19-25-17(12-29-19)20(22)27)21(28)23-11-14-8-5-7-13-6-3-4-9-15(13)14/h3-9,12,16H,2,10-11H2,1H3,(H2,22,27)(H,23,28)(H,24,26)/t16-/m0/s1. The van der Waals surface area contributed by atoms with Gasteiger partial charge in [-0.15, -0.1) is 11.3 Å².